The number of fused-ring (bicyclic) bond motifs is 3. The van der Waals surface area contributed by atoms with Crippen molar-refractivity contribution in [2.24, 2.45) is 0 Å². The van der Waals surface area contributed by atoms with Crippen LogP contribution in [0.15, 0.2) is 291 Å². The second-order valence-electron chi connectivity index (χ2n) is 20.0. The molecule has 368 valence electrons. The van der Waals surface area contributed by atoms with Crippen molar-refractivity contribution in [2.45, 2.75) is 46.0 Å². The molecule has 0 amide bonds. The Kier molecular flexibility index (Phi) is 14.4. The summed E-state index contributed by atoms with van der Waals surface area (Å²) in [5.74, 6) is 0. The van der Waals surface area contributed by atoms with Gasteiger partial charge in [-0.05, 0) is 171 Å². The summed E-state index contributed by atoms with van der Waals surface area (Å²) in [5.41, 5.74) is 25.5. The molecular weight excluding hydrogens is 915 g/mol. The molecule has 1 atom stereocenters. The van der Waals surface area contributed by atoms with Crippen LogP contribution in [0.5, 0.6) is 0 Å². The highest BCUT2D eigenvalue weighted by Gasteiger charge is 2.45. The molecule has 1 unspecified atom stereocenters. The van der Waals surface area contributed by atoms with Gasteiger partial charge in [0, 0.05) is 22.5 Å². The largest absolute Gasteiger partial charge is 0.315 e. The quantitative estimate of drug-likeness (QED) is 0.0926. The predicted molar refractivity (Wildman–Crippen MR) is 325 cm³/mol. The molecule has 10 aromatic carbocycles. The molecule has 1 aliphatic carbocycles. The molecule has 0 N–H and O–H groups in total. The summed E-state index contributed by atoms with van der Waals surface area (Å²) in [7, 11) is 0. The highest BCUT2D eigenvalue weighted by molar-refractivity contribution is 5.96. The first kappa shape index (κ1) is 49.2. The van der Waals surface area contributed by atoms with Crippen molar-refractivity contribution in [3.63, 3.8) is 0 Å². The third-order valence-electron chi connectivity index (χ3n) is 15.4. The lowest BCUT2D eigenvalue weighted by Crippen LogP contribution is -2.27. The Bertz CT molecular complexity index is 3750. The Morgan fingerprint density at radius 3 is 1.72 bits per heavy atom. The Hall–Kier alpha value is -9.04. The number of aryl methyl sites for hydroxylation is 1. The molecule has 76 heavy (non-hydrogen) atoms. The van der Waals surface area contributed by atoms with Gasteiger partial charge in [-0.15, -0.1) is 0 Å². The third kappa shape index (κ3) is 9.77. The molecule has 1 aliphatic rings. The van der Waals surface area contributed by atoms with Gasteiger partial charge in [0.05, 0.1) is 0 Å². The predicted octanol–water partition coefficient (Wildman–Crippen LogP) is 20.2. The summed E-state index contributed by atoms with van der Waals surface area (Å²) >= 11 is 0. The van der Waals surface area contributed by atoms with E-state index in [0.717, 1.165) is 29.9 Å². The van der Waals surface area contributed by atoms with E-state index >= 15 is 0 Å². The van der Waals surface area contributed by atoms with Crippen molar-refractivity contribution in [3.05, 3.63) is 330 Å². The molecule has 0 saturated heterocycles. The molecule has 11 rings (SSSR count). The molecule has 0 saturated carbocycles. The zero-order valence-electron chi connectivity index (χ0n) is 44.0. The van der Waals surface area contributed by atoms with Gasteiger partial charge in [0.25, 0.3) is 0 Å². The number of allylic oxidation sites excluding steroid dienone is 8. The summed E-state index contributed by atoms with van der Waals surface area (Å²) in [4.78, 5) is 2.43. The highest BCUT2D eigenvalue weighted by Crippen LogP contribution is 2.58. The Morgan fingerprint density at radius 1 is 0.447 bits per heavy atom. The van der Waals surface area contributed by atoms with Crippen molar-refractivity contribution in [1.82, 2.24) is 0 Å². The van der Waals surface area contributed by atoms with Crippen LogP contribution in [0.1, 0.15) is 66.1 Å². The summed E-state index contributed by atoms with van der Waals surface area (Å²) in [5, 5.41) is 0. The first-order valence-corrected chi connectivity index (χ1v) is 26.7. The summed E-state index contributed by atoms with van der Waals surface area (Å²) in [6, 6.07) is 91.6. The fourth-order valence-electron chi connectivity index (χ4n) is 11.5. The topological polar surface area (TPSA) is 3.24 Å². The van der Waals surface area contributed by atoms with Gasteiger partial charge in [-0.25, -0.2) is 0 Å². The Labute approximate surface area is 450 Å². The van der Waals surface area contributed by atoms with Crippen LogP contribution in [0, 0.1) is 6.92 Å². The van der Waals surface area contributed by atoms with Gasteiger partial charge < -0.3 is 4.90 Å². The van der Waals surface area contributed by atoms with Gasteiger partial charge in [0.2, 0.25) is 0 Å². The van der Waals surface area contributed by atoms with Crippen LogP contribution in [0.25, 0.3) is 61.2 Å². The zero-order chi connectivity index (χ0) is 51.8. The third-order valence-corrected chi connectivity index (χ3v) is 15.4. The monoisotopic (exact) mass is 977 g/mol. The summed E-state index contributed by atoms with van der Waals surface area (Å²) in [6.07, 6.45) is 15.0. The van der Waals surface area contributed by atoms with E-state index in [1.807, 2.05) is 0 Å². The highest BCUT2D eigenvalue weighted by atomic mass is 15.1. The average molecular weight is 978 g/mol. The molecule has 0 spiro atoms. The van der Waals surface area contributed by atoms with Crippen LogP contribution in [0.3, 0.4) is 0 Å². The van der Waals surface area contributed by atoms with Gasteiger partial charge >= 0.3 is 0 Å². The van der Waals surface area contributed by atoms with Crippen LogP contribution < -0.4 is 4.90 Å². The SMILES string of the molecule is C/C=C\C=C/CC1(c2ccccc2)c2cc(N(/C(C)=C/C=C(\C)c3ccccc3)c3ccc(-c4ccccc4)cc3)ccc2-c2c(-c3ccc(-c4cccc(-c5ccccc5C)c4Cc4ccccc4)cc3)cccc21. The molecule has 0 heterocycles. The molecule has 0 aromatic heterocycles. The minimum atomic E-state index is -0.484. The lowest BCUT2D eigenvalue weighted by molar-refractivity contribution is 0.645. The van der Waals surface area contributed by atoms with Crippen LogP contribution in [-0.2, 0) is 11.8 Å². The molecule has 1 nitrogen and oxygen atoms in total. The minimum absolute atomic E-state index is 0.484. The summed E-state index contributed by atoms with van der Waals surface area (Å²) in [6.45, 7) is 8.73. The number of nitrogens with zero attached hydrogens (tertiary/aromatic N) is 1. The Morgan fingerprint density at radius 2 is 1.01 bits per heavy atom. The maximum atomic E-state index is 2.49. The molecule has 0 fully saturated rings. The number of rotatable bonds is 15. The lowest BCUT2D eigenvalue weighted by Gasteiger charge is -2.33. The number of hydrogen-bond acceptors (Lipinski definition) is 1. The van der Waals surface area contributed by atoms with E-state index in [-0.39, 0.29) is 0 Å². The second-order valence-corrected chi connectivity index (χ2v) is 20.0. The van der Waals surface area contributed by atoms with E-state index in [9.17, 15) is 0 Å². The van der Waals surface area contributed by atoms with E-state index < -0.39 is 5.41 Å². The van der Waals surface area contributed by atoms with Gasteiger partial charge in [-0.2, -0.15) is 0 Å². The van der Waals surface area contributed by atoms with E-state index in [2.05, 4.69) is 318 Å². The average Bonchev–Trinajstić information content (AvgIpc) is 4.00. The summed E-state index contributed by atoms with van der Waals surface area (Å²) < 4.78 is 0. The molecule has 10 aromatic rings. The standard InChI is InChI=1S/C75H63N/c1-5-6-7-22-51-75(63-32-18-11-19-33-63)72-38-24-36-68(62-43-41-61(42-44-62)67-35-23-37-69(66-34-21-20-25-55(66)3)71(67)52-57-26-12-8-13-27-57)74(72)70-50-49-65(53-73(70)75)76(56(4)40-39-54(2)58-28-14-9-15-29-58)64-47-45-60(46-48-64)59-30-16-10-17-31-59/h5-50,53H,51-52H2,1-4H3/b6-5-,22-7-,54-39+,56-40+. The minimum Gasteiger partial charge on any atom is -0.315 e. The van der Waals surface area contributed by atoms with Gasteiger partial charge in [-0.1, -0.05) is 255 Å². The van der Waals surface area contributed by atoms with Crippen molar-refractivity contribution < 1.29 is 0 Å². The first-order chi connectivity index (χ1) is 37.4. The fourth-order valence-corrected chi connectivity index (χ4v) is 11.5. The lowest BCUT2D eigenvalue weighted by atomic mass is 9.69. The second kappa shape index (κ2) is 22.2. The normalized spacial score (nSPS) is 14.3. The maximum Gasteiger partial charge on any atom is 0.0499 e. The molecule has 0 aliphatic heterocycles. The van der Waals surface area contributed by atoms with E-state index in [0.29, 0.717) is 0 Å². The maximum absolute atomic E-state index is 2.49. The Balaban J connectivity index is 1.07. The first-order valence-electron chi connectivity index (χ1n) is 26.7. The molecular formula is C75H63N. The zero-order valence-corrected chi connectivity index (χ0v) is 44.0. The van der Waals surface area contributed by atoms with Gasteiger partial charge in [-0.3, -0.25) is 0 Å². The van der Waals surface area contributed by atoms with Crippen molar-refractivity contribution in [1.29, 1.82) is 0 Å². The molecule has 1 heteroatoms. The van der Waals surface area contributed by atoms with Crippen LogP contribution in [0.4, 0.5) is 11.4 Å². The van der Waals surface area contributed by atoms with Crippen molar-refractivity contribution in [2.75, 3.05) is 4.90 Å². The van der Waals surface area contributed by atoms with E-state index in [1.165, 1.54) is 100 Å². The van der Waals surface area contributed by atoms with Gasteiger partial charge in [0.15, 0.2) is 0 Å². The molecule has 0 radical (unpaired) electrons. The van der Waals surface area contributed by atoms with Crippen molar-refractivity contribution >= 4 is 16.9 Å². The number of anilines is 2. The number of hydrogen-bond donors (Lipinski definition) is 0. The van der Waals surface area contributed by atoms with Crippen LogP contribution in [0.2, 0.25) is 0 Å². The van der Waals surface area contributed by atoms with E-state index in [1.54, 1.807) is 0 Å². The number of benzene rings is 10. The van der Waals surface area contributed by atoms with Gasteiger partial charge in [0.1, 0.15) is 0 Å². The van der Waals surface area contributed by atoms with E-state index in [4.69, 9.17) is 0 Å². The van der Waals surface area contributed by atoms with Crippen LogP contribution in [-0.4, -0.2) is 0 Å². The fraction of sp³-hybridized carbons (Fsp3) is 0.0933. The van der Waals surface area contributed by atoms with Crippen LogP contribution >= 0.6 is 0 Å². The smallest absolute Gasteiger partial charge is 0.0499 e. The molecule has 0 bridgehead atoms. The van der Waals surface area contributed by atoms with Crippen molar-refractivity contribution in [3.8, 4) is 55.6 Å².